The van der Waals surface area contributed by atoms with E-state index < -0.39 is 77.2 Å². The maximum absolute atomic E-state index is 13.1. The molecular weight excluding hydrogens is 642 g/mol. The Balaban J connectivity index is 1.23. The number of aromatic nitrogens is 7. The number of H-pyrrole nitrogens is 1. The summed E-state index contributed by atoms with van der Waals surface area (Å²) in [5, 5.41) is 32.9. The molecule has 2 aliphatic rings. The largest absolute Gasteiger partial charge is 0.694 e. The number of nitrogens with one attached hydrogen (secondary N) is 1. The molecule has 240 valence electrons. The number of fused-ring (bicyclic) bond motifs is 2. The Morgan fingerprint density at radius 1 is 1.18 bits per heavy atom. The molecule has 8 atom stereocenters. The molecule has 4 aromatic heterocycles. The summed E-state index contributed by atoms with van der Waals surface area (Å²) in [6, 6.07) is 0. The van der Waals surface area contributed by atoms with Crippen LogP contribution in [0.4, 0.5) is 5.82 Å². The molecule has 1 aliphatic carbocycles. The summed E-state index contributed by atoms with van der Waals surface area (Å²) in [5.41, 5.74) is 6.42. The van der Waals surface area contributed by atoms with Gasteiger partial charge >= 0.3 is 16.1 Å². The minimum atomic E-state index is -5.09. The van der Waals surface area contributed by atoms with Gasteiger partial charge in [-0.25, -0.2) is 24.5 Å². The number of imidazole rings is 1. The van der Waals surface area contributed by atoms with Gasteiger partial charge in [-0.1, -0.05) is 0 Å². The van der Waals surface area contributed by atoms with Crippen molar-refractivity contribution in [2.45, 2.75) is 44.0 Å². The normalized spacial score (nSPS) is 27.0. The van der Waals surface area contributed by atoms with Gasteiger partial charge in [0.15, 0.2) is 23.2 Å². The average Bonchev–Trinajstić information content (AvgIpc) is 3.72. The first-order valence-corrected chi connectivity index (χ1v) is 15.9. The van der Waals surface area contributed by atoms with Crippen LogP contribution in [0.2, 0.25) is 0 Å². The minimum absolute atomic E-state index is 0.0350. The molecule has 8 unspecified atom stereocenters. The van der Waals surface area contributed by atoms with Crippen LogP contribution in [0.15, 0.2) is 35.7 Å². The lowest BCUT2D eigenvalue weighted by atomic mass is 10.1. The lowest BCUT2D eigenvalue weighted by molar-refractivity contribution is -0.0510. The molecule has 0 aromatic carbocycles. The number of hydrogen-bond donors (Lipinski definition) is 7. The molecule has 0 bridgehead atoms. The van der Waals surface area contributed by atoms with Crippen molar-refractivity contribution in [2.75, 3.05) is 18.9 Å². The van der Waals surface area contributed by atoms with Crippen LogP contribution in [0.25, 0.3) is 27.9 Å². The van der Waals surface area contributed by atoms with Crippen LogP contribution in [0, 0.1) is 12.8 Å². The summed E-state index contributed by atoms with van der Waals surface area (Å²) in [4.78, 5) is 50.5. The van der Waals surface area contributed by atoms with Gasteiger partial charge in [-0.15, -0.1) is 9.42 Å². The van der Waals surface area contributed by atoms with E-state index in [1.165, 1.54) is 21.8 Å². The number of phosphoric ester groups is 1. The second-order valence-corrected chi connectivity index (χ2v) is 12.5. The monoisotopic (exact) mass is 669 g/mol. The number of allylic oxidation sites excluding steroid dienone is 1. The molecule has 0 spiro atoms. The van der Waals surface area contributed by atoms with Crippen LogP contribution in [0.1, 0.15) is 18.2 Å². The van der Waals surface area contributed by atoms with E-state index in [2.05, 4.69) is 24.9 Å². The number of aryl methyl sites for hydroxylation is 1. The standard InChI is InChI=1S/C23H26N8O12P2/c1-9-3-30(20-13(9)19(24)25-6-26-20)23-17(34)16(33)12(42-23)5-41-45(38,39)43-18-11(2-10(15(18)32)4-40-44(36)37)31-8-29-14-21(31)27-7-28-22(14)35/h3,6-8,10,12,15-17,23,32-34H,2,4-5H2,1H3,(H4-,24,25,26,27,28,35,36,37,38,39)/p+1. The fourth-order valence-corrected chi connectivity index (χ4v) is 6.60. The van der Waals surface area contributed by atoms with Gasteiger partial charge in [-0.2, -0.15) is 0 Å². The summed E-state index contributed by atoms with van der Waals surface area (Å²) in [7, 11) is -8.11. The molecule has 1 saturated heterocycles. The van der Waals surface area contributed by atoms with Crippen LogP contribution in [0.3, 0.4) is 0 Å². The Kier molecular flexibility index (Phi) is 8.29. The third-order valence-electron chi connectivity index (χ3n) is 7.54. The number of nitrogen functional groups attached to an aromatic ring is 1. The van der Waals surface area contributed by atoms with Crippen LogP contribution in [-0.4, -0.2) is 96.8 Å². The zero-order valence-corrected chi connectivity index (χ0v) is 24.9. The molecule has 0 radical (unpaired) electrons. The molecule has 20 nitrogen and oxygen atoms in total. The number of rotatable bonds is 10. The zero-order valence-electron chi connectivity index (χ0n) is 23.1. The Labute approximate surface area is 252 Å². The maximum atomic E-state index is 13.1. The Hall–Kier alpha value is -3.68. The molecule has 0 amide bonds. The van der Waals surface area contributed by atoms with Gasteiger partial charge in [0, 0.05) is 16.7 Å². The SMILES string of the molecule is Cc1cn(C2OC(COP(=O)(O)OC3=C(n4cnc5c(=O)[nH]cnc54)CC(CO[P+](=O)O)C3O)C(O)C2O)c2ncnc(N)c12. The molecule has 1 fully saturated rings. The quantitative estimate of drug-likeness (QED) is 0.104. The summed E-state index contributed by atoms with van der Waals surface area (Å²) < 4.78 is 47.9. The van der Waals surface area contributed by atoms with Gasteiger partial charge in [0.2, 0.25) is 0 Å². The maximum Gasteiger partial charge on any atom is 0.694 e. The second-order valence-electron chi connectivity index (χ2n) is 10.4. The molecule has 8 N–H and O–H groups in total. The topological polar surface area (TPSA) is 293 Å². The van der Waals surface area contributed by atoms with Crippen molar-refractivity contribution in [1.82, 2.24) is 34.1 Å². The highest BCUT2D eigenvalue weighted by Gasteiger charge is 2.47. The lowest BCUT2D eigenvalue weighted by Gasteiger charge is -2.21. The van der Waals surface area contributed by atoms with Gasteiger partial charge < -0.3 is 39.9 Å². The van der Waals surface area contributed by atoms with E-state index in [0.717, 1.165) is 6.33 Å². The van der Waals surface area contributed by atoms with Gasteiger partial charge in [-0.3, -0.25) is 18.8 Å². The van der Waals surface area contributed by atoms with E-state index >= 15 is 0 Å². The van der Waals surface area contributed by atoms with Crippen molar-refractivity contribution in [3.8, 4) is 0 Å². The third-order valence-corrected chi connectivity index (χ3v) is 8.81. The first-order chi connectivity index (χ1) is 21.4. The van der Waals surface area contributed by atoms with E-state index in [-0.39, 0.29) is 29.1 Å². The summed E-state index contributed by atoms with van der Waals surface area (Å²) in [5.74, 6) is -1.19. The molecule has 5 heterocycles. The fraction of sp³-hybridized carbons (Fsp3) is 0.435. The predicted octanol–water partition coefficient (Wildman–Crippen LogP) is -0.576. The molecular formula is C23H27N8O12P2+. The number of nitrogens with two attached hydrogens (primary N) is 1. The summed E-state index contributed by atoms with van der Waals surface area (Å²) in [6.45, 7) is 0.572. The Bertz CT molecular complexity index is 1930. The molecule has 4 aromatic rings. The van der Waals surface area contributed by atoms with Crippen LogP contribution < -0.4 is 11.3 Å². The van der Waals surface area contributed by atoms with E-state index in [0.29, 0.717) is 16.6 Å². The first kappa shape index (κ1) is 31.3. The second kappa shape index (κ2) is 11.9. The van der Waals surface area contributed by atoms with Crippen LogP contribution in [-0.2, 0) is 27.4 Å². The smallest absolute Gasteiger partial charge is 0.404 e. The van der Waals surface area contributed by atoms with E-state index in [1.807, 2.05) is 0 Å². The van der Waals surface area contributed by atoms with Crippen molar-refractivity contribution in [2.24, 2.45) is 5.92 Å². The molecule has 0 saturated carbocycles. The van der Waals surface area contributed by atoms with Crippen molar-refractivity contribution < 1.29 is 52.5 Å². The van der Waals surface area contributed by atoms with Gasteiger partial charge in [-0.05, 0) is 18.9 Å². The van der Waals surface area contributed by atoms with E-state index in [9.17, 15) is 34.1 Å². The Morgan fingerprint density at radius 2 is 1.96 bits per heavy atom. The Morgan fingerprint density at radius 3 is 2.71 bits per heavy atom. The molecule has 6 rings (SSSR count). The van der Waals surface area contributed by atoms with Crippen molar-refractivity contribution in [3.05, 3.63) is 46.9 Å². The van der Waals surface area contributed by atoms with Crippen LogP contribution in [0.5, 0.6) is 0 Å². The number of anilines is 1. The predicted molar refractivity (Wildman–Crippen MR) is 151 cm³/mol. The van der Waals surface area contributed by atoms with E-state index in [1.54, 1.807) is 13.1 Å². The van der Waals surface area contributed by atoms with Crippen LogP contribution >= 0.6 is 16.1 Å². The number of hydrogen-bond acceptors (Lipinski definition) is 15. The summed E-state index contributed by atoms with van der Waals surface area (Å²) in [6.07, 6.45) is -2.17. The number of aliphatic hydroxyl groups is 3. The lowest BCUT2D eigenvalue weighted by Crippen LogP contribution is -2.33. The number of phosphoric acid groups is 1. The number of nitrogens with zero attached hydrogens (tertiary/aromatic N) is 6. The molecule has 45 heavy (non-hydrogen) atoms. The van der Waals surface area contributed by atoms with E-state index in [4.69, 9.17) is 28.9 Å². The van der Waals surface area contributed by atoms with Gasteiger partial charge in [0.05, 0.1) is 24.0 Å². The fourth-order valence-electron chi connectivity index (χ4n) is 5.43. The van der Waals surface area contributed by atoms with Gasteiger partial charge in [0.1, 0.15) is 55.1 Å². The van der Waals surface area contributed by atoms with Crippen molar-refractivity contribution >= 4 is 49.8 Å². The minimum Gasteiger partial charge on any atom is -0.404 e. The highest BCUT2D eigenvalue weighted by atomic mass is 31.2. The number of ether oxygens (including phenoxy) is 1. The first-order valence-electron chi connectivity index (χ1n) is 13.2. The summed E-state index contributed by atoms with van der Waals surface area (Å²) >= 11 is 0. The highest BCUT2D eigenvalue weighted by molar-refractivity contribution is 7.47. The molecule has 22 heteroatoms. The highest BCUT2D eigenvalue weighted by Crippen LogP contribution is 2.51. The van der Waals surface area contributed by atoms with Crippen molar-refractivity contribution in [1.29, 1.82) is 0 Å². The number of aliphatic hydroxyl groups excluding tert-OH is 3. The zero-order chi connectivity index (χ0) is 32.2. The van der Waals surface area contributed by atoms with Crippen molar-refractivity contribution in [3.63, 3.8) is 0 Å². The third kappa shape index (κ3) is 5.77. The van der Waals surface area contributed by atoms with Gasteiger partial charge in [0.25, 0.3) is 5.56 Å². The number of aromatic amines is 1. The average molecular weight is 669 g/mol. The molecule has 1 aliphatic heterocycles.